The molecule has 2 rings (SSSR count). The summed E-state index contributed by atoms with van der Waals surface area (Å²) in [5.74, 6) is 0.00165. The average molecular weight is 360 g/mol. The van der Waals surface area contributed by atoms with Crippen LogP contribution < -0.4 is 10.0 Å². The molecule has 6 heteroatoms. The van der Waals surface area contributed by atoms with Crippen molar-refractivity contribution in [3.8, 4) is 0 Å². The van der Waals surface area contributed by atoms with Crippen LogP contribution in [0.2, 0.25) is 0 Å². The van der Waals surface area contributed by atoms with E-state index in [1.807, 2.05) is 37.3 Å². The van der Waals surface area contributed by atoms with Gasteiger partial charge in [-0.15, -0.1) is 0 Å². The van der Waals surface area contributed by atoms with Crippen LogP contribution in [0.3, 0.4) is 0 Å². The highest BCUT2D eigenvalue weighted by Crippen LogP contribution is 2.12. The molecule has 5 nitrogen and oxygen atoms in total. The van der Waals surface area contributed by atoms with Crippen molar-refractivity contribution in [1.29, 1.82) is 0 Å². The molecule has 1 amide bonds. The van der Waals surface area contributed by atoms with E-state index in [9.17, 15) is 13.2 Å². The molecule has 134 valence electrons. The monoisotopic (exact) mass is 360 g/mol. The van der Waals surface area contributed by atoms with Crippen LogP contribution in [-0.4, -0.2) is 27.4 Å². The highest BCUT2D eigenvalue weighted by Gasteiger charge is 2.13. The average Bonchev–Trinajstić information content (AvgIpc) is 2.61. The zero-order valence-corrected chi connectivity index (χ0v) is 15.2. The molecule has 2 aromatic rings. The summed E-state index contributed by atoms with van der Waals surface area (Å²) < 4.78 is 27.2. The Hall–Kier alpha value is -2.18. The second-order valence-corrected chi connectivity index (χ2v) is 7.50. The molecule has 0 fully saturated rings. The number of sulfonamides is 1. The lowest BCUT2D eigenvalue weighted by molar-refractivity contribution is -0.120. The number of carbonyl (C=O) groups is 1. The third-order valence-electron chi connectivity index (χ3n) is 3.80. The first kappa shape index (κ1) is 19.1. The molecule has 2 aromatic carbocycles. The Bertz CT molecular complexity index is 772. The highest BCUT2D eigenvalue weighted by molar-refractivity contribution is 7.89. The summed E-state index contributed by atoms with van der Waals surface area (Å²) in [5.41, 5.74) is 2.03. The first-order valence-corrected chi connectivity index (χ1v) is 9.89. The van der Waals surface area contributed by atoms with Crippen LogP contribution in [0.4, 0.5) is 0 Å². The summed E-state index contributed by atoms with van der Waals surface area (Å²) >= 11 is 0. The maximum atomic E-state index is 12.3. The third-order valence-corrected chi connectivity index (χ3v) is 5.27. The Morgan fingerprint density at radius 3 is 2.20 bits per heavy atom. The van der Waals surface area contributed by atoms with E-state index in [1.165, 1.54) is 0 Å². The first-order chi connectivity index (χ1) is 12.0. The number of hydrogen-bond acceptors (Lipinski definition) is 3. The number of carbonyl (C=O) groups excluding carboxylic acids is 1. The number of hydrogen-bond donors (Lipinski definition) is 2. The number of rotatable bonds is 9. The summed E-state index contributed by atoms with van der Waals surface area (Å²) in [7, 11) is -3.52. The Kier molecular flexibility index (Phi) is 7.16. The van der Waals surface area contributed by atoms with E-state index in [0.717, 1.165) is 11.1 Å². The molecular weight excluding hydrogens is 336 g/mol. The lowest BCUT2D eigenvalue weighted by Crippen LogP contribution is -2.26. The van der Waals surface area contributed by atoms with E-state index in [1.54, 1.807) is 24.3 Å². The normalized spacial score (nSPS) is 11.2. The molecule has 0 heterocycles. The number of benzene rings is 2. The standard InChI is InChI=1S/C19H24N2O3S/c1-2-20-19(22)13-10-17-8-11-18(12-9-17)25(23,24)21-15-14-16-6-4-3-5-7-16/h3-9,11-12,21H,2,10,13-15H2,1H3,(H,20,22). The predicted molar refractivity (Wildman–Crippen MR) is 98.8 cm³/mol. The van der Waals surface area contributed by atoms with E-state index < -0.39 is 10.0 Å². The van der Waals surface area contributed by atoms with Crippen LogP contribution in [0.5, 0.6) is 0 Å². The molecule has 0 aliphatic carbocycles. The van der Waals surface area contributed by atoms with Gasteiger partial charge in [-0.3, -0.25) is 4.79 Å². The van der Waals surface area contributed by atoms with Gasteiger partial charge < -0.3 is 5.32 Å². The Morgan fingerprint density at radius 1 is 0.920 bits per heavy atom. The van der Waals surface area contributed by atoms with Gasteiger partial charge in [-0.2, -0.15) is 0 Å². The molecule has 0 atom stereocenters. The van der Waals surface area contributed by atoms with Gasteiger partial charge in [0.15, 0.2) is 0 Å². The largest absolute Gasteiger partial charge is 0.356 e. The van der Waals surface area contributed by atoms with Crippen molar-refractivity contribution >= 4 is 15.9 Å². The lowest BCUT2D eigenvalue weighted by atomic mass is 10.1. The van der Waals surface area contributed by atoms with Gasteiger partial charge in [0.2, 0.25) is 15.9 Å². The number of aryl methyl sites for hydroxylation is 1. The molecule has 0 aliphatic heterocycles. The lowest BCUT2D eigenvalue weighted by Gasteiger charge is -2.08. The summed E-state index contributed by atoms with van der Waals surface area (Å²) in [6.45, 7) is 2.85. The molecule has 0 aromatic heterocycles. The molecule has 0 saturated heterocycles. The quantitative estimate of drug-likeness (QED) is 0.720. The second kappa shape index (κ2) is 9.34. The van der Waals surface area contributed by atoms with E-state index in [2.05, 4.69) is 10.0 Å². The minimum atomic E-state index is -3.52. The van der Waals surface area contributed by atoms with Crippen LogP contribution >= 0.6 is 0 Å². The molecule has 0 unspecified atom stereocenters. The van der Waals surface area contributed by atoms with Gasteiger partial charge in [0.25, 0.3) is 0 Å². The van der Waals surface area contributed by atoms with Gasteiger partial charge in [0, 0.05) is 19.5 Å². The Labute approximate surface area is 149 Å². The Morgan fingerprint density at radius 2 is 1.56 bits per heavy atom. The molecule has 0 radical (unpaired) electrons. The fourth-order valence-corrected chi connectivity index (χ4v) is 3.47. The van der Waals surface area contributed by atoms with Gasteiger partial charge in [0.1, 0.15) is 0 Å². The fraction of sp³-hybridized carbons (Fsp3) is 0.316. The van der Waals surface area contributed by atoms with Crippen LogP contribution in [-0.2, 0) is 27.7 Å². The minimum absolute atomic E-state index is 0.00165. The highest BCUT2D eigenvalue weighted by atomic mass is 32.2. The van der Waals surface area contributed by atoms with Crippen LogP contribution in [0.15, 0.2) is 59.5 Å². The molecule has 25 heavy (non-hydrogen) atoms. The van der Waals surface area contributed by atoms with Gasteiger partial charge in [-0.05, 0) is 43.0 Å². The summed E-state index contributed by atoms with van der Waals surface area (Å²) in [5, 5.41) is 2.74. The van der Waals surface area contributed by atoms with E-state index in [0.29, 0.717) is 32.4 Å². The SMILES string of the molecule is CCNC(=O)CCc1ccc(S(=O)(=O)NCCc2ccccc2)cc1. The van der Waals surface area contributed by atoms with Crippen LogP contribution in [0.1, 0.15) is 24.5 Å². The number of nitrogens with one attached hydrogen (secondary N) is 2. The maximum Gasteiger partial charge on any atom is 0.240 e. The van der Waals surface area contributed by atoms with Crippen molar-refractivity contribution in [2.45, 2.75) is 31.1 Å². The topological polar surface area (TPSA) is 75.3 Å². The van der Waals surface area contributed by atoms with Crippen molar-refractivity contribution < 1.29 is 13.2 Å². The zero-order chi connectivity index (χ0) is 18.1. The van der Waals surface area contributed by atoms with Gasteiger partial charge in [-0.25, -0.2) is 13.1 Å². The summed E-state index contributed by atoms with van der Waals surface area (Å²) in [6.07, 6.45) is 1.63. The molecular formula is C19H24N2O3S. The van der Waals surface area contributed by atoms with Crippen LogP contribution in [0.25, 0.3) is 0 Å². The zero-order valence-electron chi connectivity index (χ0n) is 14.4. The van der Waals surface area contributed by atoms with Gasteiger partial charge in [-0.1, -0.05) is 42.5 Å². The molecule has 2 N–H and O–H groups in total. The van der Waals surface area contributed by atoms with Crippen molar-refractivity contribution in [1.82, 2.24) is 10.0 Å². The van der Waals surface area contributed by atoms with Crippen LogP contribution in [0, 0.1) is 0 Å². The van der Waals surface area contributed by atoms with E-state index in [-0.39, 0.29) is 10.8 Å². The summed E-state index contributed by atoms with van der Waals surface area (Å²) in [4.78, 5) is 11.7. The second-order valence-electron chi connectivity index (χ2n) is 5.73. The summed E-state index contributed by atoms with van der Waals surface area (Å²) in [6, 6.07) is 16.4. The van der Waals surface area contributed by atoms with Crippen molar-refractivity contribution in [2.24, 2.45) is 0 Å². The number of amides is 1. The van der Waals surface area contributed by atoms with Crippen molar-refractivity contribution in [2.75, 3.05) is 13.1 Å². The van der Waals surface area contributed by atoms with E-state index in [4.69, 9.17) is 0 Å². The molecule has 0 spiro atoms. The fourth-order valence-electron chi connectivity index (χ4n) is 2.44. The minimum Gasteiger partial charge on any atom is -0.356 e. The molecule has 0 aliphatic rings. The predicted octanol–water partition coefficient (Wildman–Crippen LogP) is 2.28. The molecule has 0 saturated carbocycles. The Balaban J connectivity index is 1.87. The maximum absolute atomic E-state index is 12.3. The molecule has 0 bridgehead atoms. The van der Waals surface area contributed by atoms with Gasteiger partial charge in [0.05, 0.1) is 4.90 Å². The van der Waals surface area contributed by atoms with Gasteiger partial charge >= 0.3 is 0 Å². The smallest absolute Gasteiger partial charge is 0.240 e. The van der Waals surface area contributed by atoms with E-state index >= 15 is 0 Å². The van der Waals surface area contributed by atoms with Crippen molar-refractivity contribution in [3.63, 3.8) is 0 Å². The van der Waals surface area contributed by atoms with Crippen molar-refractivity contribution in [3.05, 3.63) is 65.7 Å². The first-order valence-electron chi connectivity index (χ1n) is 8.40. The third kappa shape index (κ3) is 6.32.